The molecular formula is C18H20N2. The fourth-order valence-electron chi connectivity index (χ4n) is 2.85. The van der Waals surface area contributed by atoms with Gasteiger partial charge in [-0.2, -0.15) is 0 Å². The molecule has 2 aromatic rings. The molecule has 3 rings (SSSR count). The van der Waals surface area contributed by atoms with Crippen molar-refractivity contribution in [1.29, 1.82) is 0 Å². The first kappa shape index (κ1) is 12.8. The van der Waals surface area contributed by atoms with Crippen LogP contribution in [0.2, 0.25) is 0 Å². The van der Waals surface area contributed by atoms with Gasteiger partial charge in [0.25, 0.3) is 0 Å². The third-order valence-electron chi connectivity index (χ3n) is 3.54. The van der Waals surface area contributed by atoms with Crippen LogP contribution >= 0.6 is 0 Å². The molecule has 0 spiro atoms. The smallest absolute Gasteiger partial charge is 0.0690 e. The second kappa shape index (κ2) is 4.71. The predicted molar refractivity (Wildman–Crippen MR) is 86.5 cm³/mol. The zero-order valence-corrected chi connectivity index (χ0v) is 12.2. The van der Waals surface area contributed by atoms with Gasteiger partial charge in [-0.3, -0.25) is 0 Å². The first-order chi connectivity index (χ1) is 9.57. The van der Waals surface area contributed by atoms with Crippen LogP contribution in [-0.2, 0) is 0 Å². The molecule has 0 saturated carbocycles. The fourth-order valence-corrected chi connectivity index (χ4v) is 2.85. The molecule has 0 atom stereocenters. The van der Waals surface area contributed by atoms with Gasteiger partial charge in [-0.25, -0.2) is 0 Å². The van der Waals surface area contributed by atoms with Gasteiger partial charge < -0.3 is 10.2 Å². The lowest BCUT2D eigenvalue weighted by atomic mass is 10.0. The fraction of sp³-hybridized carbons (Fsp3) is 0.222. The molecule has 1 aliphatic rings. The van der Waals surface area contributed by atoms with Crippen molar-refractivity contribution in [2.75, 3.05) is 10.2 Å². The Kier molecular flexibility index (Phi) is 3.01. The molecule has 0 amide bonds. The zero-order valence-electron chi connectivity index (χ0n) is 12.2. The lowest BCUT2D eigenvalue weighted by Crippen LogP contribution is -2.27. The quantitative estimate of drug-likeness (QED) is 0.785. The van der Waals surface area contributed by atoms with E-state index in [0.29, 0.717) is 0 Å². The molecule has 0 aromatic heterocycles. The van der Waals surface area contributed by atoms with E-state index in [2.05, 4.69) is 91.7 Å². The first-order valence-corrected chi connectivity index (χ1v) is 6.99. The average Bonchev–Trinajstić information content (AvgIpc) is 2.51. The van der Waals surface area contributed by atoms with Crippen LogP contribution in [0.15, 0.2) is 66.4 Å². The third kappa shape index (κ3) is 2.29. The summed E-state index contributed by atoms with van der Waals surface area (Å²) < 4.78 is 0. The summed E-state index contributed by atoms with van der Waals surface area (Å²) in [5.74, 6) is 0. The van der Waals surface area contributed by atoms with Crippen LogP contribution in [-0.4, -0.2) is 5.54 Å². The van der Waals surface area contributed by atoms with Gasteiger partial charge in [-0.05, 0) is 51.1 Å². The highest BCUT2D eigenvalue weighted by Gasteiger charge is 2.25. The molecule has 2 heteroatoms. The highest BCUT2D eigenvalue weighted by atomic mass is 15.2. The van der Waals surface area contributed by atoms with Gasteiger partial charge in [0.15, 0.2) is 0 Å². The number of hydrogen-bond donors (Lipinski definition) is 1. The van der Waals surface area contributed by atoms with Crippen molar-refractivity contribution in [1.82, 2.24) is 0 Å². The summed E-state index contributed by atoms with van der Waals surface area (Å²) in [5, 5.41) is 3.61. The number of anilines is 3. The van der Waals surface area contributed by atoms with Crippen molar-refractivity contribution in [3.63, 3.8) is 0 Å². The second-order valence-electron chi connectivity index (χ2n) is 5.82. The zero-order chi connectivity index (χ0) is 14.2. The summed E-state index contributed by atoms with van der Waals surface area (Å²) in [5.41, 5.74) is 4.71. The SMILES string of the molecule is CC1=CC(C)(C)Nc2ccccc2N1c1ccccc1. The molecule has 102 valence electrons. The van der Waals surface area contributed by atoms with Gasteiger partial charge in [-0.15, -0.1) is 0 Å². The highest BCUT2D eigenvalue weighted by molar-refractivity contribution is 5.81. The van der Waals surface area contributed by atoms with E-state index in [-0.39, 0.29) is 5.54 Å². The van der Waals surface area contributed by atoms with Crippen LogP contribution in [0.1, 0.15) is 20.8 Å². The molecule has 2 nitrogen and oxygen atoms in total. The highest BCUT2D eigenvalue weighted by Crippen LogP contribution is 2.39. The summed E-state index contributed by atoms with van der Waals surface area (Å²) in [4.78, 5) is 2.30. The van der Waals surface area contributed by atoms with E-state index >= 15 is 0 Å². The molecule has 2 aromatic carbocycles. The van der Waals surface area contributed by atoms with Crippen LogP contribution in [0.25, 0.3) is 0 Å². The lowest BCUT2D eigenvalue weighted by Gasteiger charge is -2.26. The maximum atomic E-state index is 3.61. The van der Waals surface area contributed by atoms with Gasteiger partial charge in [0.2, 0.25) is 0 Å². The van der Waals surface area contributed by atoms with Crippen molar-refractivity contribution < 1.29 is 0 Å². The summed E-state index contributed by atoms with van der Waals surface area (Å²) >= 11 is 0. The molecule has 1 heterocycles. The van der Waals surface area contributed by atoms with E-state index in [1.165, 1.54) is 17.1 Å². The van der Waals surface area contributed by atoms with E-state index in [4.69, 9.17) is 0 Å². The molecule has 0 aliphatic carbocycles. The molecule has 1 N–H and O–H groups in total. The molecule has 0 radical (unpaired) electrons. The minimum atomic E-state index is -0.0658. The van der Waals surface area contributed by atoms with Crippen LogP contribution in [0.5, 0.6) is 0 Å². The summed E-state index contributed by atoms with van der Waals surface area (Å²) in [7, 11) is 0. The Balaban J connectivity index is 2.21. The maximum absolute atomic E-state index is 3.61. The Morgan fingerprint density at radius 1 is 0.900 bits per heavy atom. The minimum absolute atomic E-state index is 0.0658. The van der Waals surface area contributed by atoms with Crippen LogP contribution in [0.4, 0.5) is 17.1 Å². The van der Waals surface area contributed by atoms with Crippen LogP contribution in [0.3, 0.4) is 0 Å². The van der Waals surface area contributed by atoms with E-state index in [9.17, 15) is 0 Å². The Hall–Kier alpha value is -2.22. The van der Waals surface area contributed by atoms with E-state index < -0.39 is 0 Å². The number of rotatable bonds is 1. The molecule has 0 saturated heterocycles. The number of hydrogen-bond acceptors (Lipinski definition) is 2. The Morgan fingerprint density at radius 2 is 1.55 bits per heavy atom. The summed E-state index contributed by atoms with van der Waals surface area (Å²) in [6, 6.07) is 19.0. The van der Waals surface area contributed by atoms with Crippen molar-refractivity contribution in [3.8, 4) is 0 Å². The van der Waals surface area contributed by atoms with E-state index in [1.807, 2.05) is 0 Å². The van der Waals surface area contributed by atoms with Gasteiger partial charge in [-0.1, -0.05) is 30.3 Å². The van der Waals surface area contributed by atoms with E-state index in [1.54, 1.807) is 0 Å². The molecule has 0 fully saturated rings. The van der Waals surface area contributed by atoms with Gasteiger partial charge in [0, 0.05) is 11.4 Å². The third-order valence-corrected chi connectivity index (χ3v) is 3.54. The number of benzene rings is 2. The van der Waals surface area contributed by atoms with Crippen molar-refractivity contribution in [2.24, 2.45) is 0 Å². The molecule has 1 aliphatic heterocycles. The van der Waals surface area contributed by atoms with E-state index in [0.717, 1.165) is 5.69 Å². The van der Waals surface area contributed by atoms with Crippen LogP contribution < -0.4 is 10.2 Å². The monoisotopic (exact) mass is 264 g/mol. The largest absolute Gasteiger partial charge is 0.375 e. The topological polar surface area (TPSA) is 15.3 Å². The van der Waals surface area contributed by atoms with Crippen molar-refractivity contribution in [3.05, 3.63) is 66.4 Å². The minimum Gasteiger partial charge on any atom is -0.375 e. The Bertz CT molecular complexity index is 641. The lowest BCUT2D eigenvalue weighted by molar-refractivity contribution is 0.710. The average molecular weight is 264 g/mol. The molecule has 20 heavy (non-hydrogen) atoms. The van der Waals surface area contributed by atoms with Gasteiger partial charge >= 0.3 is 0 Å². The maximum Gasteiger partial charge on any atom is 0.0690 e. The van der Waals surface area contributed by atoms with Crippen LogP contribution in [0, 0.1) is 0 Å². The van der Waals surface area contributed by atoms with Gasteiger partial charge in [0.05, 0.1) is 16.9 Å². The molecular weight excluding hydrogens is 244 g/mol. The Morgan fingerprint density at radius 3 is 2.30 bits per heavy atom. The second-order valence-corrected chi connectivity index (χ2v) is 5.82. The number of para-hydroxylation sites is 3. The standard InChI is InChI=1S/C18H20N2/c1-14-13-18(2,3)19-16-11-7-8-12-17(16)20(14)15-9-5-4-6-10-15/h4-13,19H,1-3H3. The first-order valence-electron chi connectivity index (χ1n) is 6.99. The number of nitrogens with zero attached hydrogens (tertiary/aromatic N) is 1. The number of nitrogens with one attached hydrogen (secondary N) is 1. The number of fused-ring (bicyclic) bond motifs is 1. The number of allylic oxidation sites excluding steroid dienone is 1. The molecule has 0 unspecified atom stereocenters. The molecule has 0 bridgehead atoms. The predicted octanol–water partition coefficient (Wildman–Crippen LogP) is 4.93. The normalized spacial score (nSPS) is 16.8. The summed E-state index contributed by atoms with van der Waals surface area (Å²) in [6.45, 7) is 6.56. The van der Waals surface area contributed by atoms with Crippen molar-refractivity contribution >= 4 is 17.1 Å². The van der Waals surface area contributed by atoms with Crippen molar-refractivity contribution in [2.45, 2.75) is 26.3 Å². The van der Waals surface area contributed by atoms with Gasteiger partial charge in [0.1, 0.15) is 0 Å². The Labute approximate surface area is 120 Å². The summed E-state index contributed by atoms with van der Waals surface area (Å²) in [6.07, 6.45) is 2.28.